The Kier molecular flexibility index (Phi) is 7.58. The Morgan fingerprint density at radius 3 is 2.70 bits per heavy atom. The summed E-state index contributed by atoms with van der Waals surface area (Å²) >= 11 is 1.72. The number of aryl methyl sites for hydroxylation is 1. The van der Waals surface area contributed by atoms with Crippen LogP contribution in [0.15, 0.2) is 23.1 Å². The molecule has 2 N–H and O–H groups in total. The molecule has 1 aromatic carbocycles. The zero-order valence-corrected chi connectivity index (χ0v) is 14.0. The van der Waals surface area contributed by atoms with Crippen LogP contribution in [0, 0.1) is 6.92 Å². The van der Waals surface area contributed by atoms with Crippen molar-refractivity contribution in [2.45, 2.75) is 31.7 Å². The molecule has 0 aliphatic heterocycles. The van der Waals surface area contributed by atoms with E-state index in [4.69, 9.17) is 0 Å². The van der Waals surface area contributed by atoms with Crippen LogP contribution in [0.3, 0.4) is 0 Å². The maximum atomic E-state index is 12.3. The zero-order chi connectivity index (χ0) is 15.0. The lowest BCUT2D eigenvalue weighted by Gasteiger charge is -2.11. The lowest BCUT2D eigenvalue weighted by Crippen LogP contribution is -2.26. The van der Waals surface area contributed by atoms with E-state index in [0.29, 0.717) is 18.0 Å². The van der Waals surface area contributed by atoms with Gasteiger partial charge in [0.05, 0.1) is 4.90 Å². The van der Waals surface area contributed by atoms with Gasteiger partial charge < -0.3 is 5.32 Å². The quantitative estimate of drug-likeness (QED) is 0.685. The molecule has 0 aromatic heterocycles. The van der Waals surface area contributed by atoms with Gasteiger partial charge in [0.2, 0.25) is 10.0 Å². The third kappa shape index (κ3) is 5.44. The first kappa shape index (κ1) is 17.5. The molecule has 0 fully saturated rings. The van der Waals surface area contributed by atoms with Crippen molar-refractivity contribution in [3.8, 4) is 0 Å². The van der Waals surface area contributed by atoms with E-state index in [9.17, 15) is 8.42 Å². The van der Waals surface area contributed by atoms with E-state index in [-0.39, 0.29) is 0 Å². The largest absolute Gasteiger partial charge is 0.313 e. The van der Waals surface area contributed by atoms with Gasteiger partial charge in [0.1, 0.15) is 0 Å². The minimum Gasteiger partial charge on any atom is -0.313 e. The van der Waals surface area contributed by atoms with Gasteiger partial charge in [0.25, 0.3) is 0 Å². The first-order valence-corrected chi connectivity index (χ1v) is 9.67. The minimum atomic E-state index is -3.41. The smallest absolute Gasteiger partial charge is 0.240 e. The zero-order valence-electron chi connectivity index (χ0n) is 12.4. The number of nitrogens with one attached hydrogen (secondary N) is 2. The van der Waals surface area contributed by atoms with Crippen LogP contribution < -0.4 is 10.0 Å². The molecule has 0 saturated heterocycles. The van der Waals surface area contributed by atoms with Crippen molar-refractivity contribution in [1.29, 1.82) is 0 Å². The van der Waals surface area contributed by atoms with Crippen LogP contribution in [-0.4, -0.2) is 33.5 Å². The van der Waals surface area contributed by atoms with Crippen LogP contribution in [0.2, 0.25) is 0 Å². The summed E-state index contributed by atoms with van der Waals surface area (Å²) in [5.41, 5.74) is 1.77. The van der Waals surface area contributed by atoms with Gasteiger partial charge in [-0.2, -0.15) is 11.8 Å². The van der Waals surface area contributed by atoms with Crippen LogP contribution in [0.5, 0.6) is 0 Å². The van der Waals surface area contributed by atoms with Gasteiger partial charge in [-0.15, -0.1) is 0 Å². The molecule has 0 bridgehead atoms. The fourth-order valence-corrected chi connectivity index (χ4v) is 3.61. The first-order valence-electron chi connectivity index (χ1n) is 6.80. The van der Waals surface area contributed by atoms with Crippen molar-refractivity contribution in [3.63, 3.8) is 0 Å². The van der Waals surface area contributed by atoms with Crippen molar-refractivity contribution in [1.82, 2.24) is 10.0 Å². The highest BCUT2D eigenvalue weighted by atomic mass is 32.2. The Bertz CT molecular complexity index is 516. The van der Waals surface area contributed by atoms with Gasteiger partial charge in [0, 0.05) is 13.1 Å². The molecule has 0 amide bonds. The molecule has 0 radical (unpaired) electrons. The van der Waals surface area contributed by atoms with Crippen molar-refractivity contribution in [3.05, 3.63) is 29.3 Å². The third-order valence-corrected chi connectivity index (χ3v) is 5.24. The fraction of sp³-hybridized carbons (Fsp3) is 0.571. The van der Waals surface area contributed by atoms with Gasteiger partial charge in [0.15, 0.2) is 0 Å². The summed E-state index contributed by atoms with van der Waals surface area (Å²) < 4.78 is 27.3. The van der Waals surface area contributed by atoms with Crippen molar-refractivity contribution >= 4 is 21.8 Å². The maximum Gasteiger partial charge on any atom is 0.240 e. The second-order valence-corrected chi connectivity index (χ2v) is 7.35. The molecule has 0 saturated carbocycles. The average Bonchev–Trinajstić information content (AvgIpc) is 2.42. The molecule has 20 heavy (non-hydrogen) atoms. The minimum absolute atomic E-state index is 0.386. The van der Waals surface area contributed by atoms with E-state index in [1.165, 1.54) is 0 Å². The standard InChI is InChI=1S/C14H24N2O2S2/c1-4-15-11-13-7-6-12(2)14(10-13)20(17,18)16-8-5-9-19-3/h6-7,10,15-16H,4-5,8-9,11H2,1-3H3. The predicted molar refractivity (Wildman–Crippen MR) is 86.7 cm³/mol. The molecule has 0 unspecified atom stereocenters. The summed E-state index contributed by atoms with van der Waals surface area (Å²) in [7, 11) is -3.41. The number of rotatable bonds is 9. The summed E-state index contributed by atoms with van der Waals surface area (Å²) in [6.45, 7) is 5.89. The second-order valence-electron chi connectivity index (χ2n) is 4.62. The van der Waals surface area contributed by atoms with Gasteiger partial charge in [-0.25, -0.2) is 13.1 Å². The van der Waals surface area contributed by atoms with Crippen LogP contribution in [0.25, 0.3) is 0 Å². The summed E-state index contributed by atoms with van der Waals surface area (Å²) in [5, 5.41) is 3.20. The average molecular weight is 316 g/mol. The lowest BCUT2D eigenvalue weighted by atomic mass is 10.1. The molecule has 4 nitrogen and oxygen atoms in total. The van der Waals surface area contributed by atoms with E-state index in [0.717, 1.165) is 29.8 Å². The Morgan fingerprint density at radius 2 is 2.05 bits per heavy atom. The summed E-state index contributed by atoms with van der Waals surface area (Å²) in [5.74, 6) is 0.960. The SMILES string of the molecule is CCNCc1ccc(C)c(S(=O)(=O)NCCCSC)c1. The molecule has 0 heterocycles. The summed E-state index contributed by atoms with van der Waals surface area (Å²) in [4.78, 5) is 0.386. The first-order chi connectivity index (χ1) is 9.51. The van der Waals surface area contributed by atoms with Gasteiger partial charge in [-0.3, -0.25) is 0 Å². The molecule has 0 aliphatic rings. The number of sulfonamides is 1. The van der Waals surface area contributed by atoms with Gasteiger partial charge in [-0.1, -0.05) is 19.1 Å². The Hall–Kier alpha value is -0.560. The molecular formula is C14H24N2O2S2. The van der Waals surface area contributed by atoms with Crippen molar-refractivity contribution in [2.24, 2.45) is 0 Å². The van der Waals surface area contributed by atoms with Crippen LogP contribution in [-0.2, 0) is 16.6 Å². The van der Waals surface area contributed by atoms with E-state index >= 15 is 0 Å². The number of hydrogen-bond acceptors (Lipinski definition) is 4. The van der Waals surface area contributed by atoms with Crippen LogP contribution in [0.1, 0.15) is 24.5 Å². The van der Waals surface area contributed by atoms with Crippen molar-refractivity contribution in [2.75, 3.05) is 25.1 Å². The molecule has 0 spiro atoms. The molecule has 114 valence electrons. The monoisotopic (exact) mass is 316 g/mol. The molecular weight excluding hydrogens is 292 g/mol. The highest BCUT2D eigenvalue weighted by Crippen LogP contribution is 2.17. The second kappa shape index (κ2) is 8.67. The Morgan fingerprint density at radius 1 is 1.30 bits per heavy atom. The van der Waals surface area contributed by atoms with Crippen LogP contribution >= 0.6 is 11.8 Å². The highest BCUT2D eigenvalue weighted by Gasteiger charge is 2.16. The number of hydrogen-bond donors (Lipinski definition) is 2. The number of benzene rings is 1. The highest BCUT2D eigenvalue weighted by molar-refractivity contribution is 7.98. The van der Waals surface area contributed by atoms with E-state index in [1.807, 2.05) is 32.2 Å². The Labute approximate surface area is 126 Å². The third-order valence-electron chi connectivity index (χ3n) is 2.94. The van der Waals surface area contributed by atoms with Crippen LogP contribution in [0.4, 0.5) is 0 Å². The van der Waals surface area contributed by atoms with Gasteiger partial charge in [-0.05, 0) is 49.1 Å². The summed E-state index contributed by atoms with van der Waals surface area (Å²) in [6.07, 6.45) is 2.86. The van der Waals surface area contributed by atoms with E-state index < -0.39 is 10.0 Å². The molecule has 6 heteroatoms. The Balaban J connectivity index is 2.81. The van der Waals surface area contributed by atoms with E-state index in [2.05, 4.69) is 10.0 Å². The molecule has 1 aromatic rings. The lowest BCUT2D eigenvalue weighted by molar-refractivity contribution is 0.580. The molecule has 1 rings (SSSR count). The fourth-order valence-electron chi connectivity index (χ4n) is 1.81. The van der Waals surface area contributed by atoms with Gasteiger partial charge >= 0.3 is 0 Å². The normalized spacial score (nSPS) is 11.8. The van der Waals surface area contributed by atoms with E-state index in [1.54, 1.807) is 17.8 Å². The predicted octanol–water partition coefficient (Wildman–Crippen LogP) is 2.14. The summed E-state index contributed by atoms with van der Waals surface area (Å²) in [6, 6.07) is 5.59. The molecule has 0 aliphatic carbocycles. The molecule has 0 atom stereocenters. The van der Waals surface area contributed by atoms with Crippen molar-refractivity contribution < 1.29 is 8.42 Å². The maximum absolute atomic E-state index is 12.3. The number of thioether (sulfide) groups is 1. The topological polar surface area (TPSA) is 58.2 Å².